The first kappa shape index (κ1) is 25.2. The zero-order chi connectivity index (χ0) is 16.9. The van der Waals surface area contributed by atoms with Crippen LogP contribution in [0.25, 0.3) is 11.1 Å². The van der Waals surface area contributed by atoms with Gasteiger partial charge in [-0.2, -0.15) is 5.10 Å². The predicted molar refractivity (Wildman–Crippen MR) is 97.9 cm³/mol. The summed E-state index contributed by atoms with van der Waals surface area (Å²) in [5.41, 5.74) is 2.39. The van der Waals surface area contributed by atoms with Gasteiger partial charge >= 0.3 is 0 Å². The molecule has 1 radical (unpaired) electrons. The Morgan fingerprint density at radius 3 is 2.21 bits per heavy atom. The molecule has 0 unspecified atom stereocenters. The number of hydrogen-bond donors (Lipinski definition) is 1. The van der Waals surface area contributed by atoms with Gasteiger partial charge in [0.15, 0.2) is 5.75 Å². The molecule has 0 fully saturated rings. The molecule has 1 aromatic carbocycles. The first-order valence-corrected chi connectivity index (χ1v) is 7.87. The number of nitrogens with zero attached hydrogens (tertiary/aromatic N) is 2. The molecule has 1 heterocycles. The third-order valence-electron chi connectivity index (χ3n) is 3.42. The van der Waals surface area contributed by atoms with E-state index in [4.69, 9.17) is 0 Å². The molecule has 2 aromatic rings. The van der Waals surface area contributed by atoms with Crippen molar-refractivity contribution in [1.82, 2.24) is 9.78 Å². The Kier molecular flexibility index (Phi) is 12.1. The van der Waals surface area contributed by atoms with Crippen molar-refractivity contribution in [3.05, 3.63) is 53.3 Å². The Morgan fingerprint density at radius 2 is 1.75 bits per heavy atom. The first-order chi connectivity index (χ1) is 10.5. The number of hydrogen-bond acceptors (Lipinski definition) is 3. The van der Waals surface area contributed by atoms with Gasteiger partial charge in [0.05, 0.1) is 5.56 Å². The van der Waals surface area contributed by atoms with Crippen molar-refractivity contribution in [3.63, 3.8) is 0 Å². The largest absolute Gasteiger partial charge is 0.505 e. The van der Waals surface area contributed by atoms with E-state index in [-0.39, 0.29) is 57.4 Å². The first-order valence-electron chi connectivity index (χ1n) is 7.87. The predicted octanol–water partition coefficient (Wildman–Crippen LogP) is 4.54. The van der Waals surface area contributed by atoms with E-state index in [0.717, 1.165) is 11.1 Å². The van der Waals surface area contributed by atoms with Gasteiger partial charge in [0.1, 0.15) is 5.69 Å². The van der Waals surface area contributed by atoms with E-state index < -0.39 is 0 Å². The molecule has 0 saturated heterocycles. The van der Waals surface area contributed by atoms with Crippen molar-refractivity contribution in [2.45, 2.75) is 54.0 Å². The van der Waals surface area contributed by atoms with Crippen molar-refractivity contribution in [3.8, 4) is 16.9 Å². The quantitative estimate of drug-likeness (QED) is 0.762. The minimum absolute atomic E-state index is 0. The van der Waals surface area contributed by atoms with Crippen LogP contribution in [0, 0.1) is 14.4 Å². The molecular formula is C19H29N2O2Y-. The molecule has 1 N–H and O–H groups in total. The molecule has 4 nitrogen and oxygen atoms in total. The van der Waals surface area contributed by atoms with Crippen LogP contribution in [0.3, 0.4) is 0 Å². The van der Waals surface area contributed by atoms with Gasteiger partial charge in [-0.05, 0) is 25.0 Å². The minimum Gasteiger partial charge on any atom is -0.505 e. The minimum atomic E-state index is -0.247. The third-order valence-corrected chi connectivity index (χ3v) is 3.42. The molecule has 0 saturated carbocycles. The smallest absolute Gasteiger partial charge is 0.278 e. The van der Waals surface area contributed by atoms with Gasteiger partial charge in [0.25, 0.3) is 5.56 Å². The maximum Gasteiger partial charge on any atom is 0.278 e. The molecule has 2 rings (SSSR count). The van der Waals surface area contributed by atoms with Crippen molar-refractivity contribution < 1.29 is 37.8 Å². The van der Waals surface area contributed by atoms with Crippen LogP contribution in [0.15, 0.2) is 29.1 Å². The molecule has 0 atom stereocenters. The monoisotopic (exact) mass is 406 g/mol. The number of aryl methyl sites for hydroxylation is 2. The van der Waals surface area contributed by atoms with Crippen molar-refractivity contribution in [2.24, 2.45) is 0 Å². The fourth-order valence-electron chi connectivity index (χ4n) is 2.28. The van der Waals surface area contributed by atoms with E-state index in [9.17, 15) is 9.90 Å². The zero-order valence-electron chi connectivity index (χ0n) is 15.9. The van der Waals surface area contributed by atoms with Crippen LogP contribution in [-0.2, 0) is 39.3 Å². The van der Waals surface area contributed by atoms with Gasteiger partial charge in [0.2, 0.25) is 0 Å². The average Bonchev–Trinajstić information content (AvgIpc) is 2.51. The second-order valence-corrected chi connectivity index (χ2v) is 5.20. The number of aromatic hydroxyl groups is 1. The van der Waals surface area contributed by atoms with Crippen molar-refractivity contribution in [2.75, 3.05) is 0 Å². The maximum atomic E-state index is 12.5. The Bertz CT molecular complexity index is 694. The summed E-state index contributed by atoms with van der Waals surface area (Å²) in [6.45, 7) is 12.2. The standard InChI is InChI=1S/C16H20N2O2.C2H6.CH3.Y/c1-5-18-16(20)13(12-9-7-6-8-11(12)4)15(19)14(17-18)10(2)3;1-2;;/h6-10,19H,5H2,1-4H3;1-2H3;1H3;/q;;-1;. The van der Waals surface area contributed by atoms with E-state index in [1.54, 1.807) is 0 Å². The Hall–Kier alpha value is -0.996. The zero-order valence-corrected chi connectivity index (χ0v) is 18.8. The van der Waals surface area contributed by atoms with Crippen LogP contribution in [0.5, 0.6) is 5.75 Å². The average molecular weight is 406 g/mol. The van der Waals surface area contributed by atoms with Gasteiger partial charge < -0.3 is 12.5 Å². The van der Waals surface area contributed by atoms with Crippen LogP contribution in [0.1, 0.15) is 51.8 Å². The van der Waals surface area contributed by atoms with E-state index in [2.05, 4.69) is 5.10 Å². The summed E-state index contributed by atoms with van der Waals surface area (Å²) < 4.78 is 1.41. The topological polar surface area (TPSA) is 55.1 Å². The number of rotatable bonds is 3. The van der Waals surface area contributed by atoms with E-state index >= 15 is 0 Å². The molecule has 0 bridgehead atoms. The van der Waals surface area contributed by atoms with Gasteiger partial charge in [-0.25, -0.2) is 4.68 Å². The van der Waals surface area contributed by atoms with Crippen LogP contribution < -0.4 is 5.56 Å². The molecule has 131 valence electrons. The summed E-state index contributed by atoms with van der Waals surface area (Å²) in [5, 5.41) is 14.7. The fraction of sp³-hybridized carbons (Fsp3) is 0.421. The van der Waals surface area contributed by atoms with Crippen molar-refractivity contribution in [1.29, 1.82) is 0 Å². The van der Waals surface area contributed by atoms with Crippen LogP contribution in [0.4, 0.5) is 0 Å². The van der Waals surface area contributed by atoms with Gasteiger partial charge in [-0.3, -0.25) is 4.79 Å². The van der Waals surface area contributed by atoms with Gasteiger partial charge in [-0.1, -0.05) is 52.0 Å². The summed E-state index contributed by atoms with van der Waals surface area (Å²) in [7, 11) is 0. The third kappa shape index (κ3) is 5.25. The SMILES string of the molecule is CC.CCn1nc(C(C)C)c(O)c(-c2ccccc2C)c1=O.[CH3-].[Y]. The molecule has 0 spiro atoms. The summed E-state index contributed by atoms with van der Waals surface area (Å²) in [5.74, 6) is 0.0557. The van der Waals surface area contributed by atoms with Crippen LogP contribution >= 0.6 is 0 Å². The van der Waals surface area contributed by atoms with Crippen LogP contribution in [0.2, 0.25) is 0 Å². The van der Waals surface area contributed by atoms with Crippen molar-refractivity contribution >= 4 is 0 Å². The maximum absolute atomic E-state index is 12.5. The second kappa shape index (κ2) is 11.5. The molecule has 5 heteroatoms. The normalized spacial score (nSPS) is 9.46. The van der Waals surface area contributed by atoms with Gasteiger partial charge in [-0.15, -0.1) is 0 Å². The van der Waals surface area contributed by atoms with E-state index in [1.165, 1.54) is 4.68 Å². The summed E-state index contributed by atoms with van der Waals surface area (Å²) >= 11 is 0. The summed E-state index contributed by atoms with van der Waals surface area (Å²) in [6.07, 6.45) is 0. The van der Waals surface area contributed by atoms with E-state index in [0.29, 0.717) is 17.8 Å². The van der Waals surface area contributed by atoms with Crippen LogP contribution in [-0.4, -0.2) is 14.9 Å². The Balaban J connectivity index is 0. The molecule has 1 aromatic heterocycles. The number of benzene rings is 1. The van der Waals surface area contributed by atoms with Gasteiger partial charge in [0, 0.05) is 45.2 Å². The molecule has 0 aliphatic rings. The Morgan fingerprint density at radius 1 is 1.21 bits per heavy atom. The summed E-state index contributed by atoms with van der Waals surface area (Å²) in [6, 6.07) is 7.57. The molecule has 0 amide bonds. The molecular weight excluding hydrogens is 377 g/mol. The molecule has 0 aliphatic carbocycles. The number of aromatic nitrogens is 2. The summed E-state index contributed by atoms with van der Waals surface area (Å²) in [4.78, 5) is 12.5. The van der Waals surface area contributed by atoms with E-state index in [1.807, 2.05) is 65.8 Å². The Labute approximate surface area is 171 Å². The second-order valence-electron chi connectivity index (χ2n) is 5.20. The molecule has 24 heavy (non-hydrogen) atoms. The fourth-order valence-corrected chi connectivity index (χ4v) is 2.28. The molecule has 0 aliphatic heterocycles.